The largest absolute Gasteiger partial charge is 0.342 e. The van der Waals surface area contributed by atoms with Crippen LogP contribution in [0.2, 0.25) is 10.0 Å². The van der Waals surface area contributed by atoms with E-state index in [4.69, 9.17) is 28.9 Å². The minimum absolute atomic E-state index is 0.0112. The maximum atomic E-state index is 14.5. The van der Waals surface area contributed by atoms with E-state index >= 15 is 0 Å². The van der Waals surface area contributed by atoms with Crippen molar-refractivity contribution in [3.05, 3.63) is 99.3 Å². The van der Waals surface area contributed by atoms with Crippen LogP contribution < -0.4 is 16.4 Å². The van der Waals surface area contributed by atoms with Crippen LogP contribution in [0.1, 0.15) is 40.7 Å². The van der Waals surface area contributed by atoms with Crippen molar-refractivity contribution in [1.82, 2.24) is 10.2 Å². The number of hydrogen-bond acceptors (Lipinski definition) is 5. The molecule has 41 heavy (non-hydrogen) atoms. The Kier molecular flexibility index (Phi) is 10.1. The molecule has 0 fully saturated rings. The maximum Gasteiger partial charge on any atom is 0.247 e. The van der Waals surface area contributed by atoms with Gasteiger partial charge >= 0.3 is 0 Å². The Hall–Kier alpha value is -3.79. The van der Waals surface area contributed by atoms with E-state index in [1.807, 2.05) is 24.3 Å². The van der Waals surface area contributed by atoms with E-state index in [2.05, 4.69) is 10.6 Å². The SMILES string of the molecule is NCC[C@H](NC(=O)[C@@H]1Cc2ccccc2CN1C(=O)CCC(=O)c1ccccc1)C(=O)Nc1ccc(Cl)c(Cl)c1F. The summed E-state index contributed by atoms with van der Waals surface area (Å²) in [5.74, 6) is -2.71. The lowest BCUT2D eigenvalue weighted by molar-refractivity contribution is -0.142. The molecule has 214 valence electrons. The molecule has 0 saturated heterocycles. The molecule has 0 bridgehead atoms. The molecule has 1 heterocycles. The molecule has 1 aliphatic heterocycles. The first-order valence-electron chi connectivity index (χ1n) is 13.1. The third kappa shape index (κ3) is 7.30. The molecular formula is C30H29Cl2FN4O4. The summed E-state index contributed by atoms with van der Waals surface area (Å²) in [4.78, 5) is 54.0. The van der Waals surface area contributed by atoms with Crippen molar-refractivity contribution in [1.29, 1.82) is 0 Å². The number of nitrogens with one attached hydrogen (secondary N) is 2. The molecule has 3 aromatic rings. The third-order valence-corrected chi connectivity index (χ3v) is 7.70. The molecule has 4 N–H and O–H groups in total. The molecule has 0 unspecified atom stereocenters. The highest BCUT2D eigenvalue weighted by atomic mass is 35.5. The van der Waals surface area contributed by atoms with E-state index in [0.29, 0.717) is 5.56 Å². The van der Waals surface area contributed by atoms with E-state index in [-0.39, 0.29) is 66.2 Å². The lowest BCUT2D eigenvalue weighted by atomic mass is 9.92. The number of nitrogens with two attached hydrogens (primary N) is 1. The number of amides is 3. The van der Waals surface area contributed by atoms with Gasteiger partial charge in [-0.15, -0.1) is 0 Å². The Labute approximate surface area is 247 Å². The zero-order valence-corrected chi connectivity index (χ0v) is 23.6. The van der Waals surface area contributed by atoms with Crippen LogP contribution in [0.5, 0.6) is 0 Å². The van der Waals surface area contributed by atoms with Gasteiger partial charge in [0.2, 0.25) is 17.7 Å². The van der Waals surface area contributed by atoms with Crippen LogP contribution in [0.3, 0.4) is 0 Å². The number of rotatable bonds is 10. The first kappa shape index (κ1) is 30.2. The molecule has 0 spiro atoms. The Morgan fingerprint density at radius 2 is 1.63 bits per heavy atom. The quantitative estimate of drug-likeness (QED) is 0.234. The van der Waals surface area contributed by atoms with Gasteiger partial charge in [0.15, 0.2) is 11.6 Å². The lowest BCUT2D eigenvalue weighted by Crippen LogP contribution is -2.56. The van der Waals surface area contributed by atoms with Gasteiger partial charge in [0.25, 0.3) is 0 Å². The topological polar surface area (TPSA) is 122 Å². The van der Waals surface area contributed by atoms with Crippen LogP contribution in [0, 0.1) is 5.82 Å². The van der Waals surface area contributed by atoms with E-state index < -0.39 is 29.7 Å². The molecule has 1 aliphatic rings. The van der Waals surface area contributed by atoms with Crippen LogP contribution in [-0.4, -0.2) is 47.0 Å². The fourth-order valence-corrected chi connectivity index (χ4v) is 5.01. The maximum absolute atomic E-state index is 14.5. The van der Waals surface area contributed by atoms with Gasteiger partial charge in [0, 0.05) is 31.4 Å². The van der Waals surface area contributed by atoms with Crippen LogP contribution >= 0.6 is 23.2 Å². The van der Waals surface area contributed by atoms with Gasteiger partial charge < -0.3 is 21.3 Å². The normalized spacial score (nSPS) is 15.0. The van der Waals surface area contributed by atoms with Crippen molar-refractivity contribution < 1.29 is 23.6 Å². The van der Waals surface area contributed by atoms with Crippen molar-refractivity contribution in [3.8, 4) is 0 Å². The van der Waals surface area contributed by atoms with Gasteiger partial charge in [-0.05, 0) is 36.2 Å². The number of Topliss-reactive ketones (excluding diaryl/α,β-unsaturated/α-hetero) is 1. The lowest BCUT2D eigenvalue weighted by Gasteiger charge is -2.36. The predicted octanol–water partition coefficient (Wildman–Crippen LogP) is 4.52. The molecule has 4 rings (SSSR count). The highest BCUT2D eigenvalue weighted by Crippen LogP contribution is 2.30. The van der Waals surface area contributed by atoms with Crippen LogP contribution in [0.4, 0.5) is 10.1 Å². The number of hydrogen-bond donors (Lipinski definition) is 3. The van der Waals surface area contributed by atoms with Crippen molar-refractivity contribution >= 4 is 52.4 Å². The fourth-order valence-electron chi connectivity index (χ4n) is 4.70. The van der Waals surface area contributed by atoms with Gasteiger partial charge in [-0.3, -0.25) is 19.2 Å². The van der Waals surface area contributed by atoms with Gasteiger partial charge in [-0.1, -0.05) is 77.8 Å². The van der Waals surface area contributed by atoms with Gasteiger partial charge in [0.1, 0.15) is 12.1 Å². The Bertz CT molecular complexity index is 1450. The average Bonchev–Trinajstić information content (AvgIpc) is 2.99. The van der Waals surface area contributed by atoms with E-state index in [9.17, 15) is 23.6 Å². The molecule has 3 amide bonds. The summed E-state index contributed by atoms with van der Waals surface area (Å²) < 4.78 is 14.5. The highest BCUT2D eigenvalue weighted by Gasteiger charge is 2.36. The predicted molar refractivity (Wildman–Crippen MR) is 155 cm³/mol. The second kappa shape index (κ2) is 13.7. The molecule has 0 aromatic heterocycles. The minimum atomic E-state index is -1.12. The number of fused-ring (bicyclic) bond motifs is 1. The number of halogens is 3. The molecule has 11 heteroatoms. The zero-order chi connectivity index (χ0) is 29.5. The minimum Gasteiger partial charge on any atom is -0.342 e. The molecule has 2 atom stereocenters. The highest BCUT2D eigenvalue weighted by molar-refractivity contribution is 6.42. The average molecular weight is 599 g/mol. The summed E-state index contributed by atoms with van der Waals surface area (Å²) >= 11 is 11.7. The standard InChI is InChI=1S/C30H29Cl2FN4O4/c31-21-10-11-22(28(33)27(21)32)35-29(40)23(14-15-34)36-30(41)24-16-19-8-4-5-9-20(19)17-37(24)26(39)13-12-25(38)18-6-2-1-3-7-18/h1-11,23-24H,12-17,34H2,(H,35,40)(H,36,41)/t23-,24-/m0/s1. The monoisotopic (exact) mass is 598 g/mol. The molecular weight excluding hydrogens is 570 g/mol. The number of carbonyl (C=O) groups excluding carboxylic acids is 4. The van der Waals surface area contributed by atoms with Crippen LogP contribution in [-0.2, 0) is 27.3 Å². The Morgan fingerprint density at radius 1 is 0.951 bits per heavy atom. The van der Waals surface area contributed by atoms with Crippen molar-refractivity contribution in [2.24, 2.45) is 5.73 Å². The Balaban J connectivity index is 1.50. The molecule has 0 radical (unpaired) electrons. The van der Waals surface area contributed by atoms with Crippen molar-refractivity contribution in [2.75, 3.05) is 11.9 Å². The summed E-state index contributed by atoms with van der Waals surface area (Å²) in [6, 6.07) is 16.7. The molecule has 0 aliphatic carbocycles. The first-order valence-corrected chi connectivity index (χ1v) is 13.8. The van der Waals surface area contributed by atoms with Gasteiger partial charge in [0.05, 0.1) is 15.7 Å². The number of anilines is 1. The van der Waals surface area contributed by atoms with Crippen LogP contribution in [0.25, 0.3) is 0 Å². The number of nitrogens with zero attached hydrogens (tertiary/aromatic N) is 1. The third-order valence-electron chi connectivity index (χ3n) is 6.91. The van der Waals surface area contributed by atoms with Gasteiger partial charge in [-0.2, -0.15) is 0 Å². The fraction of sp³-hybridized carbons (Fsp3) is 0.267. The number of ketones is 1. The summed E-state index contributed by atoms with van der Waals surface area (Å²) in [5.41, 5.74) is 7.80. The van der Waals surface area contributed by atoms with E-state index in [1.165, 1.54) is 17.0 Å². The van der Waals surface area contributed by atoms with E-state index in [1.54, 1.807) is 30.3 Å². The van der Waals surface area contributed by atoms with Crippen LogP contribution in [0.15, 0.2) is 66.7 Å². The zero-order valence-electron chi connectivity index (χ0n) is 22.0. The second-order valence-corrected chi connectivity index (χ2v) is 10.4. The second-order valence-electron chi connectivity index (χ2n) is 9.65. The van der Waals surface area contributed by atoms with Crippen molar-refractivity contribution in [3.63, 3.8) is 0 Å². The Morgan fingerprint density at radius 3 is 2.34 bits per heavy atom. The smallest absolute Gasteiger partial charge is 0.247 e. The summed E-state index contributed by atoms with van der Waals surface area (Å²) in [6.45, 7) is 0.231. The summed E-state index contributed by atoms with van der Waals surface area (Å²) in [6.07, 6.45) is 0.188. The number of carbonyl (C=O) groups is 4. The van der Waals surface area contributed by atoms with Crippen molar-refractivity contribution in [2.45, 2.75) is 44.3 Å². The summed E-state index contributed by atoms with van der Waals surface area (Å²) in [7, 11) is 0. The van der Waals surface area contributed by atoms with E-state index in [0.717, 1.165) is 11.1 Å². The number of benzene rings is 3. The van der Waals surface area contributed by atoms with Gasteiger partial charge in [-0.25, -0.2) is 4.39 Å². The molecule has 3 aromatic carbocycles. The molecule has 0 saturated carbocycles. The summed E-state index contributed by atoms with van der Waals surface area (Å²) in [5, 5.41) is 4.76. The first-order chi connectivity index (χ1) is 19.7. The molecule has 8 nitrogen and oxygen atoms in total.